The highest BCUT2D eigenvalue weighted by molar-refractivity contribution is 5.95. The van der Waals surface area contributed by atoms with Crippen LogP contribution in [0.4, 0.5) is 11.4 Å². The molecule has 1 aliphatic carbocycles. The summed E-state index contributed by atoms with van der Waals surface area (Å²) in [6.07, 6.45) is 2.66. The molecule has 0 radical (unpaired) electrons. The van der Waals surface area contributed by atoms with Crippen molar-refractivity contribution in [1.82, 2.24) is 0 Å². The number of benzene rings is 1. The number of ether oxygens (including phenoxy) is 1. The maximum atomic E-state index is 11.2. The maximum absolute atomic E-state index is 11.2. The molecule has 1 saturated carbocycles. The molecule has 1 fully saturated rings. The molecule has 1 aromatic carbocycles. The van der Waals surface area contributed by atoms with Crippen LogP contribution in [0.2, 0.25) is 0 Å². The number of fused-ring (bicyclic) bond motifs is 1. The van der Waals surface area contributed by atoms with Crippen molar-refractivity contribution in [2.24, 2.45) is 5.92 Å². The van der Waals surface area contributed by atoms with Crippen LogP contribution >= 0.6 is 0 Å². The van der Waals surface area contributed by atoms with Gasteiger partial charge >= 0.3 is 0 Å². The fraction of sp³-hybridized carbons (Fsp3) is 0.417. The van der Waals surface area contributed by atoms with E-state index in [1.807, 2.05) is 18.2 Å². The fourth-order valence-electron chi connectivity index (χ4n) is 1.78. The quantitative estimate of drug-likeness (QED) is 0.813. The van der Waals surface area contributed by atoms with Crippen LogP contribution in [0.15, 0.2) is 18.2 Å². The average molecular weight is 218 g/mol. The first-order valence-electron chi connectivity index (χ1n) is 5.62. The summed E-state index contributed by atoms with van der Waals surface area (Å²) in [6.45, 7) is 1.13. The third-order valence-electron chi connectivity index (χ3n) is 2.90. The van der Waals surface area contributed by atoms with Gasteiger partial charge in [-0.05, 0) is 37.0 Å². The smallest absolute Gasteiger partial charge is 0.262 e. The minimum atomic E-state index is -0.0909. The molecule has 1 aliphatic heterocycles. The molecule has 2 aliphatic rings. The number of anilines is 2. The van der Waals surface area contributed by atoms with E-state index < -0.39 is 0 Å². The lowest BCUT2D eigenvalue weighted by molar-refractivity contribution is -0.118. The first-order chi connectivity index (χ1) is 7.81. The average Bonchev–Trinajstić information content (AvgIpc) is 3.09. The zero-order chi connectivity index (χ0) is 11.0. The molecule has 1 aromatic rings. The third-order valence-corrected chi connectivity index (χ3v) is 2.90. The summed E-state index contributed by atoms with van der Waals surface area (Å²) in [5.74, 6) is 1.49. The Balaban J connectivity index is 1.74. The van der Waals surface area contributed by atoms with Gasteiger partial charge in [-0.3, -0.25) is 4.79 Å². The van der Waals surface area contributed by atoms with Crippen LogP contribution in [0.5, 0.6) is 5.75 Å². The van der Waals surface area contributed by atoms with Crippen molar-refractivity contribution in [2.45, 2.75) is 12.8 Å². The van der Waals surface area contributed by atoms with Crippen LogP contribution in [-0.4, -0.2) is 19.1 Å². The minimum absolute atomic E-state index is 0.0909. The summed E-state index contributed by atoms with van der Waals surface area (Å²) >= 11 is 0. The van der Waals surface area contributed by atoms with E-state index >= 15 is 0 Å². The van der Waals surface area contributed by atoms with Crippen LogP contribution < -0.4 is 15.4 Å². The molecule has 16 heavy (non-hydrogen) atoms. The normalized spacial score (nSPS) is 18.4. The molecule has 0 saturated heterocycles. The molecule has 1 amide bonds. The maximum Gasteiger partial charge on any atom is 0.262 e. The van der Waals surface area contributed by atoms with E-state index in [0.717, 1.165) is 29.6 Å². The molecule has 0 bridgehead atoms. The lowest BCUT2D eigenvalue weighted by Crippen LogP contribution is -2.25. The second kappa shape index (κ2) is 3.70. The Hall–Kier alpha value is -1.71. The van der Waals surface area contributed by atoms with E-state index in [0.29, 0.717) is 0 Å². The summed E-state index contributed by atoms with van der Waals surface area (Å²) in [5.41, 5.74) is 1.80. The first kappa shape index (κ1) is 9.51. The van der Waals surface area contributed by atoms with Crippen molar-refractivity contribution in [2.75, 3.05) is 23.8 Å². The molecule has 1 heterocycles. The molecule has 0 aromatic heterocycles. The van der Waals surface area contributed by atoms with Crippen LogP contribution in [0.1, 0.15) is 12.8 Å². The zero-order valence-corrected chi connectivity index (χ0v) is 8.95. The topological polar surface area (TPSA) is 50.4 Å². The SMILES string of the molecule is O=C1COc2ccc(NCC3CC3)cc2N1. The van der Waals surface area contributed by atoms with Gasteiger partial charge in [0.25, 0.3) is 5.91 Å². The highest BCUT2D eigenvalue weighted by Gasteiger charge is 2.21. The number of carbonyl (C=O) groups is 1. The van der Waals surface area contributed by atoms with E-state index in [2.05, 4.69) is 10.6 Å². The Morgan fingerprint density at radius 1 is 1.44 bits per heavy atom. The van der Waals surface area contributed by atoms with Crippen LogP contribution in [-0.2, 0) is 4.79 Å². The van der Waals surface area contributed by atoms with Crippen molar-refractivity contribution < 1.29 is 9.53 Å². The van der Waals surface area contributed by atoms with Gasteiger partial charge < -0.3 is 15.4 Å². The Morgan fingerprint density at radius 3 is 3.12 bits per heavy atom. The number of hydrogen-bond acceptors (Lipinski definition) is 3. The van der Waals surface area contributed by atoms with Crippen molar-refractivity contribution in [3.8, 4) is 5.75 Å². The summed E-state index contributed by atoms with van der Waals surface area (Å²) in [4.78, 5) is 11.2. The minimum Gasteiger partial charge on any atom is -0.482 e. The lowest BCUT2D eigenvalue weighted by atomic mass is 10.2. The van der Waals surface area contributed by atoms with E-state index in [-0.39, 0.29) is 12.5 Å². The lowest BCUT2D eigenvalue weighted by Gasteiger charge is -2.18. The first-order valence-corrected chi connectivity index (χ1v) is 5.62. The molecule has 2 N–H and O–H groups in total. The van der Waals surface area contributed by atoms with E-state index in [1.165, 1.54) is 12.8 Å². The van der Waals surface area contributed by atoms with Crippen molar-refractivity contribution in [3.05, 3.63) is 18.2 Å². The number of hydrogen-bond donors (Lipinski definition) is 2. The van der Waals surface area contributed by atoms with Gasteiger partial charge in [-0.25, -0.2) is 0 Å². The van der Waals surface area contributed by atoms with Gasteiger partial charge in [-0.1, -0.05) is 0 Å². The van der Waals surface area contributed by atoms with Gasteiger partial charge in [-0.2, -0.15) is 0 Å². The van der Waals surface area contributed by atoms with Crippen LogP contribution in [0, 0.1) is 5.92 Å². The Bertz CT molecular complexity index is 427. The number of amides is 1. The van der Waals surface area contributed by atoms with Crippen molar-refractivity contribution in [3.63, 3.8) is 0 Å². The third kappa shape index (κ3) is 1.96. The summed E-state index contributed by atoms with van der Waals surface area (Å²) < 4.78 is 5.29. The molecule has 4 heteroatoms. The summed E-state index contributed by atoms with van der Waals surface area (Å²) in [5, 5.41) is 6.16. The van der Waals surface area contributed by atoms with Gasteiger partial charge in [0.2, 0.25) is 0 Å². The number of carbonyl (C=O) groups excluding carboxylic acids is 1. The van der Waals surface area contributed by atoms with Gasteiger partial charge in [0.15, 0.2) is 6.61 Å². The van der Waals surface area contributed by atoms with Gasteiger partial charge in [0.1, 0.15) is 5.75 Å². The molecule has 0 spiro atoms. The monoisotopic (exact) mass is 218 g/mol. The Morgan fingerprint density at radius 2 is 2.31 bits per heavy atom. The predicted molar refractivity (Wildman–Crippen MR) is 61.8 cm³/mol. The van der Waals surface area contributed by atoms with Gasteiger partial charge in [0, 0.05) is 12.2 Å². The van der Waals surface area contributed by atoms with E-state index in [4.69, 9.17) is 4.74 Å². The fourth-order valence-corrected chi connectivity index (χ4v) is 1.78. The summed E-state index contributed by atoms with van der Waals surface area (Å²) in [6, 6.07) is 5.80. The molecule has 4 nitrogen and oxygen atoms in total. The largest absolute Gasteiger partial charge is 0.482 e. The highest BCUT2D eigenvalue weighted by atomic mass is 16.5. The highest BCUT2D eigenvalue weighted by Crippen LogP contribution is 2.32. The molecule has 0 atom stereocenters. The number of nitrogens with one attached hydrogen (secondary N) is 2. The van der Waals surface area contributed by atoms with E-state index in [9.17, 15) is 4.79 Å². The molecule has 84 valence electrons. The van der Waals surface area contributed by atoms with Gasteiger partial charge in [0.05, 0.1) is 5.69 Å². The standard InChI is InChI=1S/C12H14N2O2/c15-12-7-16-11-4-3-9(5-10(11)14-12)13-6-8-1-2-8/h3-5,8,13H,1-2,6-7H2,(H,14,15). The Kier molecular flexibility index (Phi) is 2.20. The van der Waals surface area contributed by atoms with Crippen LogP contribution in [0.3, 0.4) is 0 Å². The predicted octanol–water partition coefficient (Wildman–Crippen LogP) is 1.84. The summed E-state index contributed by atoms with van der Waals surface area (Å²) in [7, 11) is 0. The molecular weight excluding hydrogens is 204 g/mol. The van der Waals surface area contributed by atoms with Gasteiger partial charge in [-0.15, -0.1) is 0 Å². The molecule has 0 unspecified atom stereocenters. The molecular formula is C12H14N2O2. The van der Waals surface area contributed by atoms with Crippen molar-refractivity contribution >= 4 is 17.3 Å². The van der Waals surface area contributed by atoms with E-state index in [1.54, 1.807) is 0 Å². The molecule has 3 rings (SSSR count). The Labute approximate surface area is 94.0 Å². The number of rotatable bonds is 3. The van der Waals surface area contributed by atoms with Crippen molar-refractivity contribution in [1.29, 1.82) is 0 Å². The second-order valence-electron chi connectivity index (χ2n) is 4.37. The van der Waals surface area contributed by atoms with Crippen LogP contribution in [0.25, 0.3) is 0 Å². The zero-order valence-electron chi connectivity index (χ0n) is 8.95. The second-order valence-corrected chi connectivity index (χ2v) is 4.37.